The number of halogens is 2. The highest BCUT2D eigenvalue weighted by atomic mass is 79.9. The van der Waals surface area contributed by atoms with Gasteiger partial charge in [0.05, 0.1) is 29.3 Å². The van der Waals surface area contributed by atoms with E-state index in [0.29, 0.717) is 21.5 Å². The molecule has 2 aromatic rings. The minimum Gasteiger partial charge on any atom is -0.493 e. The Balaban J connectivity index is 2.51. The molecular weight excluding hydrogens is 373 g/mol. The van der Waals surface area contributed by atoms with E-state index in [9.17, 15) is 9.65 Å². The van der Waals surface area contributed by atoms with Crippen molar-refractivity contribution in [3.63, 3.8) is 0 Å². The lowest BCUT2D eigenvalue weighted by atomic mass is 10.0. The van der Waals surface area contributed by atoms with Crippen molar-refractivity contribution in [3.05, 3.63) is 57.8 Å². The van der Waals surface area contributed by atoms with Crippen LogP contribution in [-0.2, 0) is 0 Å². The van der Waals surface area contributed by atoms with Crippen molar-refractivity contribution in [2.24, 2.45) is 0 Å². The Bertz CT molecular complexity index is 809. The molecule has 2 aromatic carbocycles. The molecule has 0 saturated carbocycles. The summed E-state index contributed by atoms with van der Waals surface area (Å²) >= 11 is 3.46. The number of nitriles is 1. The fraction of sp³-hybridized carbons (Fsp3) is 0.211. The average Bonchev–Trinajstić information content (AvgIpc) is 2.55. The van der Waals surface area contributed by atoms with E-state index in [4.69, 9.17) is 9.47 Å². The summed E-state index contributed by atoms with van der Waals surface area (Å²) in [6.07, 6.45) is 1.61. The third-order valence-corrected chi connectivity index (χ3v) is 3.79. The largest absolute Gasteiger partial charge is 0.493 e. The molecule has 0 aromatic heterocycles. The summed E-state index contributed by atoms with van der Waals surface area (Å²) < 4.78 is 25.7. The van der Waals surface area contributed by atoms with Gasteiger partial charge < -0.3 is 9.47 Å². The topological polar surface area (TPSA) is 42.2 Å². The van der Waals surface area contributed by atoms with Crippen LogP contribution in [0.4, 0.5) is 4.39 Å². The van der Waals surface area contributed by atoms with Gasteiger partial charge in [0.2, 0.25) is 0 Å². The molecule has 0 spiro atoms. The van der Waals surface area contributed by atoms with Crippen LogP contribution in [0.1, 0.15) is 25.0 Å². The Hall–Kier alpha value is -2.32. The van der Waals surface area contributed by atoms with Crippen molar-refractivity contribution < 1.29 is 13.9 Å². The number of allylic oxidation sites excluding steroid dienone is 1. The number of nitrogens with zero attached hydrogens (tertiary/aromatic N) is 1. The number of rotatable bonds is 5. The lowest BCUT2D eigenvalue weighted by molar-refractivity contribution is 0.228. The highest BCUT2D eigenvalue weighted by Crippen LogP contribution is 2.38. The third kappa shape index (κ3) is 4.15. The standard InChI is InChI=1S/C19H17BrFNO2/c1-12(2)24-19-16(20)9-13(10-18(19)23-3)8-14(11-22)15-6-4-5-7-17(15)21/h4-10,12H,1-3H3. The van der Waals surface area contributed by atoms with E-state index in [1.165, 1.54) is 6.07 Å². The minimum absolute atomic E-state index is 0.00956. The molecule has 3 nitrogen and oxygen atoms in total. The van der Waals surface area contributed by atoms with Crippen LogP contribution in [0.25, 0.3) is 11.6 Å². The molecule has 0 saturated heterocycles. The van der Waals surface area contributed by atoms with Crippen LogP contribution in [0.2, 0.25) is 0 Å². The highest BCUT2D eigenvalue weighted by molar-refractivity contribution is 9.10. The van der Waals surface area contributed by atoms with Gasteiger partial charge in [-0.1, -0.05) is 18.2 Å². The molecule has 0 atom stereocenters. The summed E-state index contributed by atoms with van der Waals surface area (Å²) in [6.45, 7) is 3.84. The molecule has 0 N–H and O–H groups in total. The predicted octanol–water partition coefficient (Wildman–Crippen LogP) is 5.45. The zero-order valence-corrected chi connectivity index (χ0v) is 15.2. The van der Waals surface area contributed by atoms with Crippen LogP contribution in [-0.4, -0.2) is 13.2 Å². The van der Waals surface area contributed by atoms with Crippen molar-refractivity contribution >= 4 is 27.6 Å². The van der Waals surface area contributed by atoms with Crippen molar-refractivity contribution in [2.45, 2.75) is 20.0 Å². The second kappa shape index (κ2) is 7.98. The second-order valence-electron chi connectivity index (χ2n) is 5.35. The zero-order chi connectivity index (χ0) is 17.7. The Kier molecular flexibility index (Phi) is 5.99. The smallest absolute Gasteiger partial charge is 0.175 e. The molecule has 0 aliphatic heterocycles. The monoisotopic (exact) mass is 389 g/mol. The van der Waals surface area contributed by atoms with E-state index >= 15 is 0 Å². The lowest BCUT2D eigenvalue weighted by Crippen LogP contribution is -2.07. The molecule has 0 aliphatic carbocycles. The van der Waals surface area contributed by atoms with Gasteiger partial charge in [-0.05, 0) is 59.6 Å². The molecule has 0 unspecified atom stereocenters. The maximum absolute atomic E-state index is 13.9. The number of ether oxygens (including phenoxy) is 2. The van der Waals surface area contributed by atoms with Crippen molar-refractivity contribution in [1.82, 2.24) is 0 Å². The molecule has 0 radical (unpaired) electrons. The first-order chi connectivity index (χ1) is 11.5. The maximum atomic E-state index is 13.9. The number of methoxy groups -OCH3 is 1. The summed E-state index contributed by atoms with van der Waals surface area (Å²) in [7, 11) is 1.55. The van der Waals surface area contributed by atoms with Gasteiger partial charge in [-0.2, -0.15) is 5.26 Å². The van der Waals surface area contributed by atoms with Crippen molar-refractivity contribution in [2.75, 3.05) is 7.11 Å². The number of hydrogen-bond acceptors (Lipinski definition) is 3. The van der Waals surface area contributed by atoms with Crippen LogP contribution in [0.5, 0.6) is 11.5 Å². The van der Waals surface area contributed by atoms with E-state index in [-0.39, 0.29) is 17.2 Å². The van der Waals surface area contributed by atoms with Gasteiger partial charge in [0.25, 0.3) is 0 Å². The lowest BCUT2D eigenvalue weighted by Gasteiger charge is -2.16. The average molecular weight is 390 g/mol. The highest BCUT2D eigenvalue weighted by Gasteiger charge is 2.14. The fourth-order valence-corrected chi connectivity index (χ4v) is 2.74. The second-order valence-corrected chi connectivity index (χ2v) is 6.20. The molecule has 24 heavy (non-hydrogen) atoms. The molecule has 0 fully saturated rings. The van der Waals surface area contributed by atoms with Crippen LogP contribution >= 0.6 is 15.9 Å². The Morgan fingerprint density at radius 3 is 2.58 bits per heavy atom. The number of benzene rings is 2. The van der Waals surface area contributed by atoms with Crippen LogP contribution < -0.4 is 9.47 Å². The van der Waals surface area contributed by atoms with Gasteiger partial charge in [0.15, 0.2) is 11.5 Å². The maximum Gasteiger partial charge on any atom is 0.175 e. The Morgan fingerprint density at radius 1 is 1.29 bits per heavy atom. The van der Waals surface area contributed by atoms with Crippen LogP contribution in [0, 0.1) is 17.1 Å². The molecule has 0 heterocycles. The van der Waals surface area contributed by atoms with E-state index in [0.717, 1.165) is 0 Å². The molecule has 0 bridgehead atoms. The van der Waals surface area contributed by atoms with Gasteiger partial charge >= 0.3 is 0 Å². The normalized spacial score (nSPS) is 11.3. The van der Waals surface area contributed by atoms with Gasteiger partial charge in [-0.25, -0.2) is 4.39 Å². The first-order valence-electron chi connectivity index (χ1n) is 7.37. The van der Waals surface area contributed by atoms with E-state index in [1.807, 2.05) is 19.9 Å². The van der Waals surface area contributed by atoms with E-state index in [2.05, 4.69) is 15.9 Å². The minimum atomic E-state index is -0.434. The third-order valence-electron chi connectivity index (χ3n) is 3.20. The molecule has 2 rings (SSSR count). The SMILES string of the molecule is COc1cc(C=C(C#N)c2ccccc2F)cc(Br)c1OC(C)C. The molecule has 0 aliphatic rings. The Morgan fingerprint density at radius 2 is 2.00 bits per heavy atom. The summed E-state index contributed by atoms with van der Waals surface area (Å²) in [4.78, 5) is 0. The first kappa shape index (κ1) is 18.0. The van der Waals surface area contributed by atoms with Gasteiger partial charge in [0.1, 0.15) is 5.82 Å². The van der Waals surface area contributed by atoms with E-state index < -0.39 is 5.82 Å². The van der Waals surface area contributed by atoms with Crippen molar-refractivity contribution in [1.29, 1.82) is 5.26 Å². The summed E-state index contributed by atoms with van der Waals surface area (Å²) in [6, 6.07) is 11.8. The van der Waals surface area contributed by atoms with Crippen molar-refractivity contribution in [3.8, 4) is 17.6 Å². The van der Waals surface area contributed by atoms with Crippen LogP contribution in [0.3, 0.4) is 0 Å². The quantitative estimate of drug-likeness (QED) is 0.504. The summed E-state index contributed by atoms with van der Waals surface area (Å²) in [5.74, 6) is 0.695. The fourth-order valence-electron chi connectivity index (χ4n) is 2.19. The Labute approximate surface area is 149 Å². The molecule has 0 amide bonds. The molecular formula is C19H17BrFNO2. The van der Waals surface area contributed by atoms with Gasteiger partial charge in [0, 0.05) is 5.56 Å². The summed E-state index contributed by atoms with van der Waals surface area (Å²) in [5.41, 5.74) is 1.20. The predicted molar refractivity (Wildman–Crippen MR) is 96.3 cm³/mol. The van der Waals surface area contributed by atoms with Gasteiger partial charge in [-0.15, -0.1) is 0 Å². The molecule has 5 heteroatoms. The van der Waals surface area contributed by atoms with Gasteiger partial charge in [-0.3, -0.25) is 0 Å². The number of hydrogen-bond donors (Lipinski definition) is 0. The zero-order valence-electron chi connectivity index (χ0n) is 13.6. The summed E-state index contributed by atoms with van der Waals surface area (Å²) in [5, 5.41) is 9.38. The van der Waals surface area contributed by atoms with E-state index in [1.54, 1.807) is 43.5 Å². The van der Waals surface area contributed by atoms with Crippen LogP contribution in [0.15, 0.2) is 40.9 Å². The first-order valence-corrected chi connectivity index (χ1v) is 8.16. The molecule has 124 valence electrons.